The number of aromatic nitrogens is 2. The van der Waals surface area contributed by atoms with E-state index in [0.29, 0.717) is 29.6 Å². The Morgan fingerprint density at radius 3 is 2.44 bits per heavy atom. The number of anilines is 1. The monoisotopic (exact) mass is 271 g/mol. The Labute approximate surface area is 114 Å². The average Bonchev–Trinajstić information content (AvgIpc) is 2.88. The van der Waals surface area contributed by atoms with Crippen LogP contribution >= 0.6 is 11.6 Å². The minimum absolute atomic E-state index is 0.523. The van der Waals surface area contributed by atoms with Gasteiger partial charge in [0.25, 0.3) is 0 Å². The van der Waals surface area contributed by atoms with Crippen molar-refractivity contribution < 1.29 is 4.42 Å². The number of hydrogen-bond donors (Lipinski definition) is 0. The summed E-state index contributed by atoms with van der Waals surface area (Å²) < 4.78 is 5.62. The van der Waals surface area contributed by atoms with Crippen LogP contribution in [-0.2, 0) is 6.42 Å². The second kappa shape index (κ2) is 5.91. The van der Waals surface area contributed by atoms with E-state index >= 15 is 0 Å². The van der Waals surface area contributed by atoms with Gasteiger partial charge in [-0.25, -0.2) is 0 Å². The van der Waals surface area contributed by atoms with Crippen molar-refractivity contribution in [3.63, 3.8) is 0 Å². The minimum Gasteiger partial charge on any atom is -0.408 e. The molecule has 1 aromatic rings. The van der Waals surface area contributed by atoms with Gasteiger partial charge in [-0.15, -0.1) is 16.7 Å². The molecule has 1 saturated heterocycles. The molecule has 0 saturated carbocycles. The smallest absolute Gasteiger partial charge is 0.318 e. The van der Waals surface area contributed by atoms with E-state index in [-0.39, 0.29) is 0 Å². The number of hydrogen-bond acceptors (Lipinski definition) is 4. The van der Waals surface area contributed by atoms with Crippen LogP contribution in [0, 0.1) is 5.41 Å². The SMILES string of the molecule is CCC1(CC)CCN(c2nnc(CCCl)o2)CC1. The van der Waals surface area contributed by atoms with Crippen molar-refractivity contribution in [3.8, 4) is 0 Å². The fourth-order valence-electron chi connectivity index (χ4n) is 2.68. The normalized spacial score (nSPS) is 19.2. The van der Waals surface area contributed by atoms with Crippen molar-refractivity contribution in [3.05, 3.63) is 5.89 Å². The van der Waals surface area contributed by atoms with E-state index in [2.05, 4.69) is 28.9 Å². The van der Waals surface area contributed by atoms with Gasteiger partial charge in [-0.1, -0.05) is 31.8 Å². The topological polar surface area (TPSA) is 42.2 Å². The highest BCUT2D eigenvalue weighted by Crippen LogP contribution is 2.38. The Bertz CT molecular complexity index is 366. The molecular formula is C13H22ClN3O. The second-order valence-corrected chi connectivity index (χ2v) is 5.49. The largest absolute Gasteiger partial charge is 0.408 e. The molecule has 1 aromatic heterocycles. The Balaban J connectivity index is 1.96. The fraction of sp³-hybridized carbons (Fsp3) is 0.846. The van der Waals surface area contributed by atoms with Gasteiger partial charge in [0.1, 0.15) is 0 Å². The maximum Gasteiger partial charge on any atom is 0.318 e. The van der Waals surface area contributed by atoms with Gasteiger partial charge in [0, 0.05) is 25.4 Å². The predicted molar refractivity (Wildman–Crippen MR) is 73.2 cm³/mol. The summed E-state index contributed by atoms with van der Waals surface area (Å²) >= 11 is 5.66. The summed E-state index contributed by atoms with van der Waals surface area (Å²) in [7, 11) is 0. The van der Waals surface area contributed by atoms with Crippen LogP contribution in [0.25, 0.3) is 0 Å². The molecule has 4 nitrogen and oxygen atoms in total. The second-order valence-electron chi connectivity index (χ2n) is 5.11. The summed E-state index contributed by atoms with van der Waals surface area (Å²) in [4.78, 5) is 2.20. The maximum absolute atomic E-state index is 5.66. The first kappa shape index (κ1) is 13.7. The molecule has 5 heteroatoms. The molecule has 18 heavy (non-hydrogen) atoms. The zero-order valence-corrected chi connectivity index (χ0v) is 12.0. The Morgan fingerprint density at radius 2 is 1.89 bits per heavy atom. The number of rotatable bonds is 5. The van der Waals surface area contributed by atoms with E-state index in [1.807, 2.05) is 0 Å². The lowest BCUT2D eigenvalue weighted by Gasteiger charge is -2.40. The molecule has 0 unspecified atom stereocenters. The van der Waals surface area contributed by atoms with Gasteiger partial charge < -0.3 is 9.32 Å². The van der Waals surface area contributed by atoms with Crippen LogP contribution in [0.4, 0.5) is 6.01 Å². The molecule has 2 rings (SSSR count). The molecule has 1 aliphatic rings. The lowest BCUT2D eigenvalue weighted by atomic mass is 9.74. The first-order chi connectivity index (χ1) is 8.73. The van der Waals surface area contributed by atoms with Crippen molar-refractivity contribution in [1.82, 2.24) is 10.2 Å². The van der Waals surface area contributed by atoms with Gasteiger partial charge >= 0.3 is 6.01 Å². The van der Waals surface area contributed by atoms with Gasteiger partial charge in [-0.05, 0) is 18.3 Å². The van der Waals surface area contributed by atoms with Crippen molar-refractivity contribution in [2.24, 2.45) is 5.41 Å². The highest BCUT2D eigenvalue weighted by Gasteiger charge is 2.32. The Morgan fingerprint density at radius 1 is 1.22 bits per heavy atom. The molecule has 0 N–H and O–H groups in total. The predicted octanol–water partition coefficient (Wildman–Crippen LogP) is 3.26. The van der Waals surface area contributed by atoms with E-state index in [0.717, 1.165) is 13.1 Å². The van der Waals surface area contributed by atoms with Gasteiger partial charge in [0.2, 0.25) is 5.89 Å². The third-order valence-electron chi connectivity index (χ3n) is 4.36. The van der Waals surface area contributed by atoms with Crippen molar-refractivity contribution in [1.29, 1.82) is 0 Å². The Kier molecular flexibility index (Phi) is 4.49. The zero-order chi connectivity index (χ0) is 13.0. The number of aryl methyl sites for hydroxylation is 1. The van der Waals surface area contributed by atoms with Crippen LogP contribution in [0.1, 0.15) is 45.4 Å². The van der Waals surface area contributed by atoms with E-state index in [4.69, 9.17) is 16.0 Å². The lowest BCUT2D eigenvalue weighted by Crippen LogP contribution is -2.39. The van der Waals surface area contributed by atoms with Crippen LogP contribution in [0.3, 0.4) is 0 Å². The number of piperidine rings is 1. The standard InChI is InChI=1S/C13H22ClN3O/c1-3-13(4-2)6-9-17(10-7-13)12-16-15-11(18-12)5-8-14/h3-10H2,1-2H3. The summed E-state index contributed by atoms with van der Waals surface area (Å²) in [5, 5.41) is 8.12. The van der Waals surface area contributed by atoms with Crippen molar-refractivity contribution in [2.75, 3.05) is 23.9 Å². The summed E-state index contributed by atoms with van der Waals surface area (Å²) in [5.41, 5.74) is 0.523. The van der Waals surface area contributed by atoms with E-state index < -0.39 is 0 Å². The molecule has 1 fully saturated rings. The van der Waals surface area contributed by atoms with Crippen LogP contribution < -0.4 is 4.90 Å². The van der Waals surface area contributed by atoms with Crippen LogP contribution in [0.2, 0.25) is 0 Å². The van der Waals surface area contributed by atoms with Crippen LogP contribution in [0.15, 0.2) is 4.42 Å². The number of halogens is 1. The number of nitrogens with zero attached hydrogens (tertiary/aromatic N) is 3. The van der Waals surface area contributed by atoms with E-state index in [1.54, 1.807) is 0 Å². The van der Waals surface area contributed by atoms with Gasteiger partial charge in [-0.3, -0.25) is 0 Å². The summed E-state index contributed by atoms with van der Waals surface area (Å²) in [6, 6.07) is 0.663. The van der Waals surface area contributed by atoms with E-state index in [9.17, 15) is 0 Å². The molecule has 2 heterocycles. The van der Waals surface area contributed by atoms with Gasteiger partial charge in [0.05, 0.1) is 0 Å². The molecule has 0 aliphatic carbocycles. The molecule has 102 valence electrons. The molecule has 1 aliphatic heterocycles. The highest BCUT2D eigenvalue weighted by atomic mass is 35.5. The molecule has 0 radical (unpaired) electrons. The summed E-state index contributed by atoms with van der Waals surface area (Å²) in [5.74, 6) is 1.17. The molecule has 0 amide bonds. The third kappa shape index (κ3) is 2.79. The fourth-order valence-corrected chi connectivity index (χ4v) is 2.85. The average molecular weight is 272 g/mol. The first-order valence-electron chi connectivity index (χ1n) is 6.86. The van der Waals surface area contributed by atoms with Crippen LogP contribution in [0.5, 0.6) is 0 Å². The summed E-state index contributed by atoms with van der Waals surface area (Å²) in [6.45, 7) is 6.63. The van der Waals surface area contributed by atoms with Crippen LogP contribution in [-0.4, -0.2) is 29.2 Å². The quantitative estimate of drug-likeness (QED) is 0.771. The molecule has 0 aromatic carbocycles. The van der Waals surface area contributed by atoms with Gasteiger partial charge in [-0.2, -0.15) is 0 Å². The van der Waals surface area contributed by atoms with Crippen molar-refractivity contribution in [2.45, 2.75) is 46.0 Å². The minimum atomic E-state index is 0.523. The zero-order valence-electron chi connectivity index (χ0n) is 11.3. The first-order valence-corrected chi connectivity index (χ1v) is 7.40. The maximum atomic E-state index is 5.66. The van der Waals surface area contributed by atoms with E-state index in [1.165, 1.54) is 25.7 Å². The number of alkyl halides is 1. The van der Waals surface area contributed by atoms with Crippen molar-refractivity contribution >= 4 is 17.6 Å². The molecular weight excluding hydrogens is 250 g/mol. The third-order valence-corrected chi connectivity index (χ3v) is 4.55. The summed E-state index contributed by atoms with van der Waals surface area (Å²) in [6.07, 6.45) is 5.61. The molecule has 0 bridgehead atoms. The molecule has 0 atom stereocenters. The molecule has 0 spiro atoms. The Hall–Kier alpha value is -0.770. The van der Waals surface area contributed by atoms with Gasteiger partial charge in [0.15, 0.2) is 0 Å². The highest BCUT2D eigenvalue weighted by molar-refractivity contribution is 6.17. The lowest BCUT2D eigenvalue weighted by molar-refractivity contribution is 0.196.